The molecule has 0 unspecified atom stereocenters. The second-order valence-corrected chi connectivity index (χ2v) is 5.14. The van der Waals surface area contributed by atoms with Crippen molar-refractivity contribution in [2.45, 2.75) is 6.10 Å². The van der Waals surface area contributed by atoms with Crippen molar-refractivity contribution in [3.05, 3.63) is 35.7 Å². The third kappa shape index (κ3) is 2.81. The highest BCUT2D eigenvalue weighted by atomic mass is 16.5. The summed E-state index contributed by atoms with van der Waals surface area (Å²) >= 11 is 0. The van der Waals surface area contributed by atoms with Crippen molar-refractivity contribution in [3.8, 4) is 17.8 Å². The highest BCUT2D eigenvalue weighted by Gasteiger charge is 2.35. The van der Waals surface area contributed by atoms with E-state index < -0.39 is 0 Å². The van der Waals surface area contributed by atoms with E-state index in [2.05, 4.69) is 10.1 Å². The molecule has 2 aromatic heterocycles. The molecule has 2 aromatic rings. The van der Waals surface area contributed by atoms with Crippen LogP contribution in [0.25, 0.3) is 0 Å². The van der Waals surface area contributed by atoms with Gasteiger partial charge in [-0.3, -0.25) is 9.48 Å². The van der Waals surface area contributed by atoms with E-state index in [1.807, 2.05) is 6.07 Å². The van der Waals surface area contributed by atoms with E-state index in [0.717, 1.165) is 0 Å². The monoisotopic (exact) mass is 313 g/mol. The molecule has 1 aliphatic heterocycles. The van der Waals surface area contributed by atoms with Crippen molar-refractivity contribution in [2.75, 3.05) is 20.2 Å². The van der Waals surface area contributed by atoms with Gasteiger partial charge >= 0.3 is 0 Å². The smallest absolute Gasteiger partial charge is 0.261 e. The number of pyridine rings is 1. The molecule has 3 rings (SSSR count). The number of carbonyl (C=O) groups is 1. The summed E-state index contributed by atoms with van der Waals surface area (Å²) in [6.07, 6.45) is 3.02. The Labute approximate surface area is 132 Å². The lowest BCUT2D eigenvalue weighted by molar-refractivity contribution is 0.0157. The lowest BCUT2D eigenvalue weighted by Crippen LogP contribution is -2.56. The summed E-state index contributed by atoms with van der Waals surface area (Å²) in [5.41, 5.74) is 0.801. The van der Waals surface area contributed by atoms with Gasteiger partial charge in [0, 0.05) is 19.4 Å². The first kappa shape index (κ1) is 14.8. The Balaban J connectivity index is 1.63. The normalized spacial score (nSPS) is 14.0. The maximum absolute atomic E-state index is 12.4. The number of methoxy groups -OCH3 is 1. The largest absolute Gasteiger partial charge is 0.479 e. The van der Waals surface area contributed by atoms with Crippen LogP contribution in [-0.4, -0.2) is 51.9 Å². The Morgan fingerprint density at radius 2 is 2.22 bits per heavy atom. The van der Waals surface area contributed by atoms with Crippen LogP contribution >= 0.6 is 0 Å². The fourth-order valence-corrected chi connectivity index (χ4v) is 2.34. The first-order valence-corrected chi connectivity index (χ1v) is 7.01. The van der Waals surface area contributed by atoms with Gasteiger partial charge in [-0.1, -0.05) is 0 Å². The first-order chi connectivity index (χ1) is 11.1. The number of nitrogens with zero attached hydrogens (tertiary/aromatic N) is 5. The third-order valence-corrected chi connectivity index (χ3v) is 3.52. The van der Waals surface area contributed by atoms with Gasteiger partial charge in [0.2, 0.25) is 11.8 Å². The molecular formula is C15H15N5O3. The average molecular weight is 313 g/mol. The molecule has 0 atom stereocenters. The predicted molar refractivity (Wildman–Crippen MR) is 79.0 cm³/mol. The zero-order chi connectivity index (χ0) is 16.4. The van der Waals surface area contributed by atoms with E-state index in [1.165, 1.54) is 11.8 Å². The fraction of sp³-hybridized carbons (Fsp3) is 0.333. The van der Waals surface area contributed by atoms with Gasteiger partial charge in [0.25, 0.3) is 5.91 Å². The van der Waals surface area contributed by atoms with Crippen LogP contribution in [0.3, 0.4) is 0 Å². The predicted octanol–water partition coefficient (Wildman–Crippen LogP) is 0.599. The Morgan fingerprint density at radius 1 is 1.43 bits per heavy atom. The van der Waals surface area contributed by atoms with Crippen LogP contribution in [0, 0.1) is 11.3 Å². The number of hydrogen-bond acceptors (Lipinski definition) is 6. The number of amides is 1. The number of ether oxygens (including phenoxy) is 2. The number of aryl methyl sites for hydroxylation is 1. The Morgan fingerprint density at radius 3 is 2.91 bits per heavy atom. The maximum Gasteiger partial charge on any atom is 0.261 e. The van der Waals surface area contributed by atoms with Crippen LogP contribution in [0.1, 0.15) is 15.9 Å². The van der Waals surface area contributed by atoms with Gasteiger partial charge in [-0.15, -0.1) is 5.10 Å². The summed E-state index contributed by atoms with van der Waals surface area (Å²) in [5, 5.41) is 13.1. The van der Waals surface area contributed by atoms with Gasteiger partial charge in [-0.25, -0.2) is 4.98 Å². The van der Waals surface area contributed by atoms with Crippen molar-refractivity contribution >= 4 is 5.91 Å². The van der Waals surface area contributed by atoms with Crippen LogP contribution in [0.4, 0.5) is 0 Å². The Kier molecular flexibility index (Phi) is 3.85. The number of aromatic nitrogens is 3. The van der Waals surface area contributed by atoms with E-state index in [4.69, 9.17) is 14.7 Å². The molecule has 0 bridgehead atoms. The summed E-state index contributed by atoms with van der Waals surface area (Å²) < 4.78 is 12.3. The number of hydrogen-bond donors (Lipinski definition) is 0. The first-order valence-electron chi connectivity index (χ1n) is 7.01. The molecule has 0 spiro atoms. The molecule has 1 fully saturated rings. The van der Waals surface area contributed by atoms with Gasteiger partial charge in [-0.05, 0) is 12.1 Å². The van der Waals surface area contributed by atoms with Crippen molar-refractivity contribution < 1.29 is 14.3 Å². The molecule has 1 amide bonds. The van der Waals surface area contributed by atoms with E-state index in [1.54, 1.807) is 36.5 Å². The molecule has 0 radical (unpaired) electrons. The van der Waals surface area contributed by atoms with E-state index >= 15 is 0 Å². The molecule has 1 saturated heterocycles. The maximum atomic E-state index is 12.4. The van der Waals surface area contributed by atoms with Gasteiger partial charge in [0.15, 0.2) is 0 Å². The molecule has 8 heteroatoms. The molecule has 0 saturated carbocycles. The number of nitriles is 1. The van der Waals surface area contributed by atoms with Gasteiger partial charge in [0.1, 0.15) is 23.3 Å². The standard InChI is InChI=1S/C15H15N5O3/c1-19-9-12(14(18-19)22-2)15(21)20-7-11(8-20)23-13-10(6-16)4-3-5-17-13/h3-5,9,11H,7-8H2,1-2H3. The number of carbonyl (C=O) groups excluding carboxylic acids is 1. The van der Waals surface area contributed by atoms with E-state index in [9.17, 15) is 4.79 Å². The summed E-state index contributed by atoms with van der Waals surface area (Å²) in [6, 6.07) is 5.35. The summed E-state index contributed by atoms with van der Waals surface area (Å²) in [5.74, 6) is 0.445. The third-order valence-electron chi connectivity index (χ3n) is 3.52. The zero-order valence-electron chi connectivity index (χ0n) is 12.8. The van der Waals surface area contributed by atoms with E-state index in [0.29, 0.717) is 36.0 Å². The molecule has 0 N–H and O–H groups in total. The summed E-state index contributed by atoms with van der Waals surface area (Å²) in [7, 11) is 3.21. The van der Waals surface area contributed by atoms with Crippen LogP contribution in [0.5, 0.6) is 11.8 Å². The van der Waals surface area contributed by atoms with Crippen molar-refractivity contribution in [1.29, 1.82) is 5.26 Å². The second kappa shape index (κ2) is 5.96. The molecule has 3 heterocycles. The zero-order valence-corrected chi connectivity index (χ0v) is 12.8. The van der Waals surface area contributed by atoms with Gasteiger partial charge < -0.3 is 14.4 Å². The summed E-state index contributed by atoms with van der Waals surface area (Å²) in [6.45, 7) is 0.858. The Bertz CT molecular complexity index is 774. The SMILES string of the molecule is COc1nn(C)cc1C(=O)N1CC(Oc2ncccc2C#N)C1. The summed E-state index contributed by atoms with van der Waals surface area (Å²) in [4.78, 5) is 18.1. The highest BCUT2D eigenvalue weighted by molar-refractivity contribution is 5.96. The Hall–Kier alpha value is -3.08. The minimum absolute atomic E-state index is 0.156. The molecule has 1 aliphatic rings. The molecule has 0 aliphatic carbocycles. The van der Waals surface area contributed by atoms with Crippen LogP contribution in [0.15, 0.2) is 24.5 Å². The molecule has 23 heavy (non-hydrogen) atoms. The minimum atomic E-state index is -0.177. The average Bonchev–Trinajstić information content (AvgIpc) is 2.91. The topological polar surface area (TPSA) is 93.3 Å². The quantitative estimate of drug-likeness (QED) is 0.820. The van der Waals surface area contributed by atoms with Crippen LogP contribution in [0.2, 0.25) is 0 Å². The molecule has 0 aromatic carbocycles. The van der Waals surface area contributed by atoms with Crippen molar-refractivity contribution in [2.24, 2.45) is 7.05 Å². The second-order valence-electron chi connectivity index (χ2n) is 5.14. The van der Waals surface area contributed by atoms with Crippen molar-refractivity contribution in [1.82, 2.24) is 19.7 Å². The van der Waals surface area contributed by atoms with Crippen molar-refractivity contribution in [3.63, 3.8) is 0 Å². The number of rotatable bonds is 4. The fourth-order valence-electron chi connectivity index (χ4n) is 2.34. The molecule has 118 valence electrons. The number of likely N-dealkylation sites (tertiary alicyclic amines) is 1. The van der Waals surface area contributed by atoms with Gasteiger partial charge in [-0.2, -0.15) is 5.26 Å². The van der Waals surface area contributed by atoms with E-state index in [-0.39, 0.29) is 12.0 Å². The molecule has 8 nitrogen and oxygen atoms in total. The lowest BCUT2D eigenvalue weighted by atomic mass is 10.1. The molecular weight excluding hydrogens is 298 g/mol. The highest BCUT2D eigenvalue weighted by Crippen LogP contribution is 2.23. The van der Waals surface area contributed by atoms with Crippen LogP contribution in [-0.2, 0) is 7.05 Å². The van der Waals surface area contributed by atoms with Crippen LogP contribution < -0.4 is 9.47 Å². The lowest BCUT2D eigenvalue weighted by Gasteiger charge is -2.38. The van der Waals surface area contributed by atoms with Gasteiger partial charge in [0.05, 0.1) is 20.2 Å². The minimum Gasteiger partial charge on any atom is -0.479 e.